The maximum absolute atomic E-state index is 13.3. The van der Waals surface area contributed by atoms with Crippen LogP contribution in [0.3, 0.4) is 0 Å². The van der Waals surface area contributed by atoms with Crippen molar-refractivity contribution in [2.24, 2.45) is 0 Å². The van der Waals surface area contributed by atoms with Gasteiger partial charge in [-0.2, -0.15) is 0 Å². The third kappa shape index (κ3) is 4.77. The molecule has 112 valence electrons. The van der Waals surface area contributed by atoms with E-state index in [0.29, 0.717) is 18.9 Å². The molecule has 0 atom stereocenters. The average molecular weight is 283 g/mol. The third-order valence-electron chi connectivity index (χ3n) is 2.93. The van der Waals surface area contributed by atoms with Gasteiger partial charge in [-0.15, -0.1) is 0 Å². The highest BCUT2D eigenvalue weighted by molar-refractivity contribution is 5.98. The van der Waals surface area contributed by atoms with Crippen LogP contribution in [0.15, 0.2) is 12.3 Å². The number of nitrogens with zero attached hydrogens (tertiary/aromatic N) is 2. The molecule has 0 aliphatic carbocycles. The van der Waals surface area contributed by atoms with E-state index in [1.54, 1.807) is 11.9 Å². The SMILES string of the molecule is CCNc1ncc(F)cc1C(=O)N(C)CCCCCO. The van der Waals surface area contributed by atoms with Crippen molar-refractivity contribution in [2.75, 3.05) is 32.1 Å². The van der Waals surface area contributed by atoms with Gasteiger partial charge < -0.3 is 15.3 Å². The summed E-state index contributed by atoms with van der Waals surface area (Å²) < 4.78 is 13.3. The number of rotatable bonds is 8. The molecule has 5 nitrogen and oxygen atoms in total. The molecule has 0 radical (unpaired) electrons. The van der Waals surface area contributed by atoms with Crippen LogP contribution in [-0.2, 0) is 0 Å². The molecule has 0 saturated heterocycles. The number of hydrogen-bond donors (Lipinski definition) is 2. The molecule has 1 aromatic heterocycles. The fourth-order valence-corrected chi connectivity index (χ4v) is 1.86. The summed E-state index contributed by atoms with van der Waals surface area (Å²) in [6, 6.07) is 1.21. The third-order valence-corrected chi connectivity index (χ3v) is 2.93. The van der Waals surface area contributed by atoms with Crippen LogP contribution in [0, 0.1) is 5.82 Å². The molecule has 2 N–H and O–H groups in total. The van der Waals surface area contributed by atoms with Crippen LogP contribution in [0.25, 0.3) is 0 Å². The van der Waals surface area contributed by atoms with Gasteiger partial charge in [0.1, 0.15) is 11.6 Å². The minimum Gasteiger partial charge on any atom is -0.396 e. The second-order valence-corrected chi connectivity index (χ2v) is 4.59. The van der Waals surface area contributed by atoms with E-state index in [9.17, 15) is 9.18 Å². The molecule has 0 bridgehead atoms. The molecule has 0 unspecified atom stereocenters. The number of anilines is 1. The number of carbonyl (C=O) groups excluding carboxylic acids is 1. The summed E-state index contributed by atoms with van der Waals surface area (Å²) in [5.74, 6) is -0.373. The number of halogens is 1. The normalized spacial score (nSPS) is 10.4. The topological polar surface area (TPSA) is 65.5 Å². The molecule has 0 aliphatic rings. The Morgan fingerprint density at radius 3 is 2.85 bits per heavy atom. The lowest BCUT2D eigenvalue weighted by Gasteiger charge is -2.18. The zero-order valence-corrected chi connectivity index (χ0v) is 12.0. The maximum atomic E-state index is 13.3. The van der Waals surface area contributed by atoms with Crippen LogP contribution >= 0.6 is 0 Å². The molecule has 0 spiro atoms. The van der Waals surface area contributed by atoms with E-state index in [1.165, 1.54) is 6.07 Å². The first kappa shape index (κ1) is 16.4. The Kier molecular flexibility index (Phi) is 6.93. The lowest BCUT2D eigenvalue weighted by atomic mass is 10.2. The number of amides is 1. The zero-order valence-electron chi connectivity index (χ0n) is 12.0. The van der Waals surface area contributed by atoms with Crippen LogP contribution in [-0.4, -0.2) is 47.6 Å². The van der Waals surface area contributed by atoms with Crippen LogP contribution in [0.4, 0.5) is 10.2 Å². The highest BCUT2D eigenvalue weighted by Crippen LogP contribution is 2.16. The van der Waals surface area contributed by atoms with Gasteiger partial charge >= 0.3 is 0 Å². The van der Waals surface area contributed by atoms with Crippen molar-refractivity contribution in [1.82, 2.24) is 9.88 Å². The van der Waals surface area contributed by atoms with E-state index < -0.39 is 5.82 Å². The Morgan fingerprint density at radius 1 is 1.45 bits per heavy atom. The Balaban J connectivity index is 2.72. The molecule has 0 fully saturated rings. The lowest BCUT2D eigenvalue weighted by Crippen LogP contribution is -2.29. The predicted molar refractivity (Wildman–Crippen MR) is 76.3 cm³/mol. The summed E-state index contributed by atoms with van der Waals surface area (Å²) in [6.07, 6.45) is 3.49. The number of unbranched alkanes of at least 4 members (excludes halogenated alkanes) is 2. The number of pyridine rings is 1. The van der Waals surface area contributed by atoms with Crippen LogP contribution in [0.5, 0.6) is 0 Å². The summed E-state index contributed by atoms with van der Waals surface area (Å²) in [6.45, 7) is 3.23. The standard InChI is InChI=1S/C14H22FN3O2/c1-3-16-13-12(9-11(15)10-17-13)14(20)18(2)7-5-4-6-8-19/h9-10,19H,3-8H2,1-2H3,(H,16,17). The van der Waals surface area contributed by atoms with Gasteiger partial charge in [0.25, 0.3) is 5.91 Å². The Hall–Kier alpha value is -1.69. The summed E-state index contributed by atoms with van der Waals surface area (Å²) in [4.78, 5) is 17.8. The molecule has 0 aromatic carbocycles. The minimum atomic E-state index is -0.524. The zero-order chi connectivity index (χ0) is 15.0. The summed E-state index contributed by atoms with van der Waals surface area (Å²) in [5, 5.41) is 11.7. The molecule has 20 heavy (non-hydrogen) atoms. The van der Waals surface area contributed by atoms with Crippen molar-refractivity contribution in [3.8, 4) is 0 Å². The highest BCUT2D eigenvalue weighted by atomic mass is 19.1. The van der Waals surface area contributed by atoms with Gasteiger partial charge in [0.2, 0.25) is 0 Å². The lowest BCUT2D eigenvalue weighted by molar-refractivity contribution is 0.0792. The molecule has 0 aliphatic heterocycles. The smallest absolute Gasteiger partial charge is 0.257 e. The van der Waals surface area contributed by atoms with Crippen LogP contribution < -0.4 is 5.32 Å². The van der Waals surface area contributed by atoms with E-state index in [-0.39, 0.29) is 18.1 Å². The van der Waals surface area contributed by atoms with Gasteiger partial charge in [0.05, 0.1) is 11.8 Å². The molecule has 1 heterocycles. The van der Waals surface area contributed by atoms with E-state index >= 15 is 0 Å². The van der Waals surface area contributed by atoms with Crippen molar-refractivity contribution < 1.29 is 14.3 Å². The molecule has 1 amide bonds. The number of aliphatic hydroxyl groups excluding tert-OH is 1. The van der Waals surface area contributed by atoms with E-state index in [1.807, 2.05) is 6.92 Å². The monoisotopic (exact) mass is 283 g/mol. The first-order valence-electron chi connectivity index (χ1n) is 6.85. The Morgan fingerprint density at radius 2 is 2.20 bits per heavy atom. The summed E-state index contributed by atoms with van der Waals surface area (Å²) in [7, 11) is 1.68. The second kappa shape index (κ2) is 8.47. The van der Waals surface area contributed by atoms with E-state index in [0.717, 1.165) is 25.5 Å². The Bertz CT molecular complexity index is 440. The van der Waals surface area contributed by atoms with E-state index in [2.05, 4.69) is 10.3 Å². The maximum Gasteiger partial charge on any atom is 0.257 e. The fourth-order valence-electron chi connectivity index (χ4n) is 1.86. The second-order valence-electron chi connectivity index (χ2n) is 4.59. The summed E-state index contributed by atoms with van der Waals surface area (Å²) in [5.41, 5.74) is 0.247. The van der Waals surface area contributed by atoms with Gasteiger partial charge in [-0.1, -0.05) is 0 Å². The largest absolute Gasteiger partial charge is 0.396 e. The van der Waals surface area contributed by atoms with Crippen LogP contribution in [0.1, 0.15) is 36.5 Å². The molecule has 6 heteroatoms. The van der Waals surface area contributed by atoms with Gasteiger partial charge in [0.15, 0.2) is 0 Å². The quantitative estimate of drug-likeness (QED) is 0.715. The van der Waals surface area contributed by atoms with Crippen molar-refractivity contribution in [1.29, 1.82) is 0 Å². The molecule has 1 rings (SSSR count). The highest BCUT2D eigenvalue weighted by Gasteiger charge is 2.17. The van der Waals surface area contributed by atoms with Crippen molar-refractivity contribution >= 4 is 11.7 Å². The number of hydrogen-bond acceptors (Lipinski definition) is 4. The van der Waals surface area contributed by atoms with Crippen LogP contribution in [0.2, 0.25) is 0 Å². The Labute approximate surface area is 118 Å². The first-order chi connectivity index (χ1) is 9.60. The molecule has 0 saturated carbocycles. The van der Waals surface area contributed by atoms with Crippen molar-refractivity contribution in [3.05, 3.63) is 23.6 Å². The number of aliphatic hydroxyl groups is 1. The van der Waals surface area contributed by atoms with E-state index in [4.69, 9.17) is 5.11 Å². The molecule has 1 aromatic rings. The van der Waals surface area contributed by atoms with Crippen molar-refractivity contribution in [3.63, 3.8) is 0 Å². The van der Waals surface area contributed by atoms with Gasteiger partial charge in [0, 0.05) is 26.7 Å². The van der Waals surface area contributed by atoms with Gasteiger partial charge in [-0.05, 0) is 32.3 Å². The molecular formula is C14H22FN3O2. The number of carbonyl (C=O) groups is 1. The number of nitrogens with one attached hydrogen (secondary N) is 1. The van der Waals surface area contributed by atoms with Gasteiger partial charge in [-0.25, -0.2) is 9.37 Å². The minimum absolute atomic E-state index is 0.163. The number of aromatic nitrogens is 1. The predicted octanol–water partition coefficient (Wildman–Crippen LogP) is 1.89. The average Bonchev–Trinajstić information content (AvgIpc) is 2.44. The van der Waals surface area contributed by atoms with Gasteiger partial charge in [-0.3, -0.25) is 4.79 Å². The molecular weight excluding hydrogens is 261 g/mol. The summed E-state index contributed by atoms with van der Waals surface area (Å²) >= 11 is 0. The first-order valence-corrected chi connectivity index (χ1v) is 6.85. The fraction of sp³-hybridized carbons (Fsp3) is 0.571. The van der Waals surface area contributed by atoms with Crippen molar-refractivity contribution in [2.45, 2.75) is 26.2 Å².